The van der Waals surface area contributed by atoms with E-state index in [2.05, 4.69) is 10.1 Å². The Morgan fingerprint density at radius 3 is 2.43 bits per heavy atom. The quantitative estimate of drug-likeness (QED) is 0.378. The number of rotatable bonds is 11. The van der Waals surface area contributed by atoms with E-state index in [0.717, 1.165) is 12.8 Å². The molecule has 0 saturated carbocycles. The maximum atomic E-state index is 13.1. The number of amides is 1. The highest BCUT2D eigenvalue weighted by molar-refractivity contribution is 7.54. The summed E-state index contributed by atoms with van der Waals surface area (Å²) in [6.07, 6.45) is 0.623. The van der Waals surface area contributed by atoms with Crippen molar-refractivity contribution in [1.29, 1.82) is 0 Å². The molecule has 1 aliphatic heterocycles. The number of hydrogen-bond acceptors (Lipinski definition) is 8. The first-order valence-corrected chi connectivity index (χ1v) is 12.1. The minimum atomic E-state index is -3.68. The van der Waals surface area contributed by atoms with Crippen LogP contribution in [-0.2, 0) is 37.5 Å². The summed E-state index contributed by atoms with van der Waals surface area (Å²) in [5, 5.41) is 2.60. The van der Waals surface area contributed by atoms with E-state index in [1.54, 1.807) is 20.8 Å². The van der Waals surface area contributed by atoms with Gasteiger partial charge in [-0.25, -0.2) is 0 Å². The Morgan fingerprint density at radius 1 is 1.23 bits per heavy atom. The van der Waals surface area contributed by atoms with E-state index < -0.39 is 42.9 Å². The smallest absolute Gasteiger partial charge is 0.332 e. The summed E-state index contributed by atoms with van der Waals surface area (Å²) in [7, 11) is -2.42. The molecule has 30 heavy (non-hydrogen) atoms. The lowest BCUT2D eigenvalue weighted by Crippen LogP contribution is -2.50. The third-order valence-corrected chi connectivity index (χ3v) is 7.27. The molecule has 1 saturated heterocycles. The average molecular weight is 449 g/mol. The molecule has 0 bridgehead atoms. The van der Waals surface area contributed by atoms with Gasteiger partial charge in [-0.15, -0.1) is 0 Å². The molecule has 0 spiro atoms. The SMILES string of the molecule is CCC(CC)COC(=O)[C@H](C)C[P@@]1(=O)OCC(C)(C)[C@H](C(=O)NCCC(=O)OC)O1. The first-order valence-electron chi connectivity index (χ1n) is 10.4. The lowest BCUT2D eigenvalue weighted by Gasteiger charge is -2.40. The molecule has 1 fully saturated rings. The van der Waals surface area contributed by atoms with Crippen molar-refractivity contribution >= 4 is 25.4 Å². The Hall–Kier alpha value is -1.44. The Labute approximate surface area is 179 Å². The highest BCUT2D eigenvalue weighted by atomic mass is 31.2. The van der Waals surface area contributed by atoms with E-state index in [1.807, 2.05) is 13.8 Å². The van der Waals surface area contributed by atoms with Crippen molar-refractivity contribution in [2.24, 2.45) is 17.3 Å². The lowest BCUT2D eigenvalue weighted by atomic mass is 9.87. The van der Waals surface area contributed by atoms with Crippen LogP contribution in [0.2, 0.25) is 0 Å². The van der Waals surface area contributed by atoms with Crippen LogP contribution < -0.4 is 5.32 Å². The maximum absolute atomic E-state index is 13.1. The molecule has 0 radical (unpaired) electrons. The molecule has 0 unspecified atom stereocenters. The lowest BCUT2D eigenvalue weighted by molar-refractivity contribution is -0.149. The molecular weight excluding hydrogens is 413 g/mol. The van der Waals surface area contributed by atoms with Gasteiger partial charge in [-0.2, -0.15) is 0 Å². The summed E-state index contributed by atoms with van der Waals surface area (Å²) < 4.78 is 34.1. The topological polar surface area (TPSA) is 117 Å². The molecule has 1 amide bonds. The molecular formula is C20H36NO8P. The van der Waals surface area contributed by atoms with E-state index in [9.17, 15) is 18.9 Å². The van der Waals surface area contributed by atoms with Gasteiger partial charge in [0.1, 0.15) is 0 Å². The van der Waals surface area contributed by atoms with Gasteiger partial charge in [-0.1, -0.05) is 47.5 Å². The fourth-order valence-electron chi connectivity index (χ4n) is 2.93. The van der Waals surface area contributed by atoms with Crippen LogP contribution in [0.1, 0.15) is 53.9 Å². The van der Waals surface area contributed by atoms with Gasteiger partial charge >= 0.3 is 19.5 Å². The summed E-state index contributed by atoms with van der Waals surface area (Å²) >= 11 is 0. The van der Waals surface area contributed by atoms with Crippen molar-refractivity contribution in [2.75, 3.05) is 33.0 Å². The number of methoxy groups -OCH3 is 1. The van der Waals surface area contributed by atoms with Crippen molar-refractivity contribution in [2.45, 2.75) is 60.0 Å². The number of esters is 2. The van der Waals surface area contributed by atoms with Crippen LogP contribution in [0, 0.1) is 17.3 Å². The van der Waals surface area contributed by atoms with Gasteiger partial charge < -0.3 is 19.3 Å². The van der Waals surface area contributed by atoms with Crippen molar-refractivity contribution in [1.82, 2.24) is 5.32 Å². The first-order chi connectivity index (χ1) is 14.0. The van der Waals surface area contributed by atoms with Crippen LogP contribution >= 0.6 is 7.60 Å². The van der Waals surface area contributed by atoms with Gasteiger partial charge in [0.25, 0.3) is 0 Å². The molecule has 0 aliphatic carbocycles. The zero-order valence-electron chi connectivity index (χ0n) is 18.9. The van der Waals surface area contributed by atoms with Crippen molar-refractivity contribution in [3.63, 3.8) is 0 Å². The van der Waals surface area contributed by atoms with Crippen LogP contribution in [0.25, 0.3) is 0 Å². The molecule has 0 aromatic carbocycles. The number of ether oxygens (including phenoxy) is 2. The second-order valence-corrected chi connectivity index (χ2v) is 10.4. The summed E-state index contributed by atoms with van der Waals surface area (Å²) in [5.41, 5.74) is -0.734. The molecule has 1 rings (SSSR count). The molecule has 1 N–H and O–H groups in total. The zero-order valence-corrected chi connectivity index (χ0v) is 19.8. The van der Waals surface area contributed by atoms with Crippen LogP contribution in [0.4, 0.5) is 0 Å². The number of carbonyl (C=O) groups is 3. The molecule has 10 heteroatoms. The highest BCUT2D eigenvalue weighted by Gasteiger charge is 2.48. The summed E-state index contributed by atoms with van der Waals surface area (Å²) in [4.78, 5) is 36.1. The molecule has 9 nitrogen and oxygen atoms in total. The predicted octanol–water partition coefficient (Wildman–Crippen LogP) is 2.92. The standard InChI is InChI=1S/C20H36NO8P/c1-7-15(8-2)11-27-19(24)14(3)12-30(25)28-13-20(4,5)17(29-30)18(23)21-10-9-16(22)26-6/h14-15,17H,7-13H2,1-6H3,(H,21,23)/t14-,17+,30-/m1/s1. The second-order valence-electron chi connectivity index (χ2n) is 8.37. The molecule has 174 valence electrons. The van der Waals surface area contributed by atoms with Gasteiger partial charge in [0.2, 0.25) is 5.91 Å². The van der Waals surface area contributed by atoms with Crippen molar-refractivity contribution in [3.05, 3.63) is 0 Å². The largest absolute Gasteiger partial charge is 0.469 e. The number of hydrogen-bond donors (Lipinski definition) is 1. The third-order valence-electron chi connectivity index (χ3n) is 5.22. The fourth-order valence-corrected chi connectivity index (χ4v) is 5.24. The third kappa shape index (κ3) is 8.00. The van der Waals surface area contributed by atoms with Gasteiger partial charge in [-0.3, -0.25) is 23.5 Å². The van der Waals surface area contributed by atoms with Crippen molar-refractivity contribution in [3.8, 4) is 0 Å². The highest BCUT2D eigenvalue weighted by Crippen LogP contribution is 2.57. The zero-order chi connectivity index (χ0) is 22.9. The molecule has 3 atom stereocenters. The van der Waals surface area contributed by atoms with E-state index >= 15 is 0 Å². The number of carbonyl (C=O) groups excluding carboxylic acids is 3. The minimum absolute atomic E-state index is 0.0168. The minimum Gasteiger partial charge on any atom is -0.469 e. The molecule has 1 aliphatic rings. The van der Waals surface area contributed by atoms with Crippen LogP contribution in [0.5, 0.6) is 0 Å². The predicted molar refractivity (Wildman–Crippen MR) is 111 cm³/mol. The first kappa shape index (κ1) is 26.6. The second kappa shape index (κ2) is 11.8. The Balaban J connectivity index is 2.70. The maximum Gasteiger partial charge on any atom is 0.332 e. The van der Waals surface area contributed by atoms with Crippen LogP contribution in [0.3, 0.4) is 0 Å². The van der Waals surface area contributed by atoms with Crippen LogP contribution in [0.15, 0.2) is 0 Å². The fraction of sp³-hybridized carbons (Fsp3) is 0.850. The summed E-state index contributed by atoms with van der Waals surface area (Å²) in [6.45, 7) is 9.62. The normalized spacial score (nSPS) is 24.2. The average Bonchev–Trinajstić information content (AvgIpc) is 2.70. The van der Waals surface area contributed by atoms with E-state index in [1.165, 1.54) is 7.11 Å². The number of nitrogens with one attached hydrogen (secondary N) is 1. The van der Waals surface area contributed by atoms with Gasteiger partial charge in [-0.05, 0) is 5.92 Å². The summed E-state index contributed by atoms with van der Waals surface area (Å²) in [6, 6.07) is 0. The molecule has 1 heterocycles. The Bertz CT molecular complexity index is 647. The van der Waals surface area contributed by atoms with E-state index in [4.69, 9.17) is 13.8 Å². The van der Waals surface area contributed by atoms with E-state index in [-0.39, 0.29) is 25.7 Å². The van der Waals surface area contributed by atoms with Crippen LogP contribution in [-0.4, -0.2) is 57.0 Å². The Kier molecular flexibility index (Phi) is 10.5. The monoisotopic (exact) mass is 449 g/mol. The van der Waals surface area contributed by atoms with Gasteiger partial charge in [0.15, 0.2) is 6.10 Å². The van der Waals surface area contributed by atoms with Gasteiger partial charge in [0, 0.05) is 12.0 Å². The Morgan fingerprint density at radius 2 is 1.87 bits per heavy atom. The van der Waals surface area contributed by atoms with E-state index in [0.29, 0.717) is 12.5 Å². The van der Waals surface area contributed by atoms with Gasteiger partial charge in [0.05, 0.1) is 38.8 Å². The van der Waals surface area contributed by atoms with Crippen molar-refractivity contribution < 1.29 is 37.5 Å². The molecule has 0 aromatic heterocycles. The summed E-state index contributed by atoms with van der Waals surface area (Å²) in [5.74, 6) is -1.81. The molecule has 0 aromatic rings.